The Kier molecular flexibility index (Phi) is 3.80. The zero-order valence-corrected chi connectivity index (χ0v) is 9.87. The quantitative estimate of drug-likeness (QED) is 0.844. The first-order chi connectivity index (χ1) is 8.69. The number of ether oxygens (including phenoxy) is 1. The van der Waals surface area contributed by atoms with Crippen LogP contribution in [0.2, 0.25) is 0 Å². The van der Waals surface area contributed by atoms with Crippen molar-refractivity contribution >= 4 is 5.91 Å². The van der Waals surface area contributed by atoms with E-state index in [1.165, 1.54) is 0 Å². The summed E-state index contributed by atoms with van der Waals surface area (Å²) < 4.78 is 5.33. The molecule has 1 heterocycles. The molecule has 1 atom stereocenters. The largest absolute Gasteiger partial charge is 0.484 e. The third kappa shape index (κ3) is 2.99. The predicted molar refractivity (Wildman–Crippen MR) is 63.9 cm³/mol. The molecule has 1 aromatic carbocycles. The highest BCUT2D eigenvalue weighted by Gasteiger charge is 2.24. The van der Waals surface area contributed by atoms with Gasteiger partial charge in [0.1, 0.15) is 5.75 Å². The third-order valence-corrected chi connectivity index (χ3v) is 2.86. The lowest BCUT2D eigenvalue weighted by Crippen LogP contribution is -2.33. The second kappa shape index (κ2) is 5.52. The molecular weight excluding hydrogens is 232 g/mol. The molecular formula is C13H14N2O3. The van der Waals surface area contributed by atoms with E-state index in [0.29, 0.717) is 30.8 Å². The summed E-state index contributed by atoms with van der Waals surface area (Å²) in [4.78, 5) is 13.3. The molecule has 0 spiro atoms. The minimum Gasteiger partial charge on any atom is -0.484 e. The smallest absolute Gasteiger partial charge is 0.260 e. The normalized spacial score (nSPS) is 18.4. The maximum Gasteiger partial charge on any atom is 0.260 e. The molecule has 18 heavy (non-hydrogen) atoms. The Morgan fingerprint density at radius 1 is 1.50 bits per heavy atom. The predicted octanol–water partition coefficient (Wildman–Crippen LogP) is 0.530. The Morgan fingerprint density at radius 3 is 2.78 bits per heavy atom. The molecule has 1 aliphatic rings. The van der Waals surface area contributed by atoms with Gasteiger partial charge in [-0.2, -0.15) is 5.26 Å². The highest BCUT2D eigenvalue weighted by molar-refractivity contribution is 5.78. The number of β-amino-alcohol motifs (C(OH)–C–C–N with tert-alkyl or cyclic N) is 1. The molecule has 0 bridgehead atoms. The van der Waals surface area contributed by atoms with Crippen molar-refractivity contribution in [2.75, 3.05) is 19.7 Å². The fourth-order valence-corrected chi connectivity index (χ4v) is 1.83. The first-order valence-corrected chi connectivity index (χ1v) is 5.78. The van der Waals surface area contributed by atoms with Crippen LogP contribution in [0.4, 0.5) is 0 Å². The summed E-state index contributed by atoms with van der Waals surface area (Å²) in [5.74, 6) is 0.429. The molecule has 0 aromatic heterocycles. The van der Waals surface area contributed by atoms with E-state index in [2.05, 4.69) is 0 Å². The van der Waals surface area contributed by atoms with E-state index in [-0.39, 0.29) is 12.5 Å². The van der Waals surface area contributed by atoms with Crippen LogP contribution in [0.25, 0.3) is 0 Å². The van der Waals surface area contributed by atoms with Gasteiger partial charge in [-0.3, -0.25) is 4.79 Å². The van der Waals surface area contributed by atoms with Crippen molar-refractivity contribution in [3.63, 3.8) is 0 Å². The number of carbonyl (C=O) groups is 1. The number of benzene rings is 1. The Bertz CT molecular complexity index is 464. The number of aliphatic hydroxyl groups excluding tert-OH is 1. The van der Waals surface area contributed by atoms with Crippen LogP contribution in [0.15, 0.2) is 24.3 Å². The Hall–Kier alpha value is -2.06. The number of rotatable bonds is 3. The number of likely N-dealkylation sites (tertiary alicyclic amines) is 1. The van der Waals surface area contributed by atoms with Crippen LogP contribution < -0.4 is 4.74 Å². The number of nitrogens with zero attached hydrogens (tertiary/aromatic N) is 2. The standard InChI is InChI=1S/C13H14N2O3/c14-7-10-1-3-12(4-2-10)18-9-13(17)15-6-5-11(16)8-15/h1-4,11,16H,5-6,8-9H2/t11-/m1/s1. The van der Waals surface area contributed by atoms with Crippen LogP contribution in [0.1, 0.15) is 12.0 Å². The topological polar surface area (TPSA) is 73.6 Å². The van der Waals surface area contributed by atoms with E-state index < -0.39 is 6.10 Å². The summed E-state index contributed by atoms with van der Waals surface area (Å²) in [5.41, 5.74) is 0.552. The fourth-order valence-electron chi connectivity index (χ4n) is 1.83. The lowest BCUT2D eigenvalue weighted by Gasteiger charge is -2.15. The number of aliphatic hydroxyl groups is 1. The molecule has 94 valence electrons. The summed E-state index contributed by atoms with van der Waals surface area (Å²) in [5, 5.41) is 18.0. The van der Waals surface area contributed by atoms with Crippen molar-refractivity contribution in [3.8, 4) is 11.8 Å². The van der Waals surface area contributed by atoms with Gasteiger partial charge in [0.05, 0.1) is 17.7 Å². The zero-order valence-electron chi connectivity index (χ0n) is 9.87. The molecule has 5 heteroatoms. The number of carbonyl (C=O) groups excluding carboxylic acids is 1. The summed E-state index contributed by atoms with van der Waals surface area (Å²) in [6.07, 6.45) is 0.214. The molecule has 0 saturated carbocycles. The molecule has 1 N–H and O–H groups in total. The monoisotopic (exact) mass is 246 g/mol. The van der Waals surface area contributed by atoms with Crippen molar-refractivity contribution in [1.29, 1.82) is 5.26 Å². The van der Waals surface area contributed by atoms with Gasteiger partial charge in [-0.1, -0.05) is 0 Å². The molecule has 1 amide bonds. The van der Waals surface area contributed by atoms with E-state index in [1.807, 2.05) is 6.07 Å². The minimum absolute atomic E-state index is 0.0430. The van der Waals surface area contributed by atoms with Crippen LogP contribution in [-0.4, -0.2) is 41.7 Å². The maximum absolute atomic E-state index is 11.7. The van der Waals surface area contributed by atoms with E-state index in [4.69, 9.17) is 10.00 Å². The van der Waals surface area contributed by atoms with E-state index in [0.717, 1.165) is 0 Å². The van der Waals surface area contributed by atoms with Gasteiger partial charge in [-0.15, -0.1) is 0 Å². The highest BCUT2D eigenvalue weighted by Crippen LogP contribution is 2.13. The Labute approximate surface area is 105 Å². The summed E-state index contributed by atoms with van der Waals surface area (Å²) in [6.45, 7) is 0.922. The van der Waals surface area contributed by atoms with E-state index in [1.54, 1.807) is 29.2 Å². The van der Waals surface area contributed by atoms with Crippen molar-refractivity contribution in [1.82, 2.24) is 4.90 Å². The molecule has 1 saturated heterocycles. The van der Waals surface area contributed by atoms with Crippen LogP contribution >= 0.6 is 0 Å². The van der Waals surface area contributed by atoms with Gasteiger partial charge in [0.15, 0.2) is 6.61 Å². The minimum atomic E-state index is -0.413. The van der Waals surface area contributed by atoms with Gasteiger partial charge in [0.2, 0.25) is 0 Å². The summed E-state index contributed by atoms with van der Waals surface area (Å²) in [6, 6.07) is 8.60. The third-order valence-electron chi connectivity index (χ3n) is 2.86. The molecule has 0 radical (unpaired) electrons. The number of hydrogen-bond acceptors (Lipinski definition) is 4. The van der Waals surface area contributed by atoms with Gasteiger partial charge >= 0.3 is 0 Å². The molecule has 5 nitrogen and oxygen atoms in total. The molecule has 1 fully saturated rings. The second-order valence-electron chi connectivity index (χ2n) is 4.21. The van der Waals surface area contributed by atoms with E-state index in [9.17, 15) is 9.90 Å². The van der Waals surface area contributed by atoms with Gasteiger partial charge in [0.25, 0.3) is 5.91 Å². The summed E-state index contributed by atoms with van der Waals surface area (Å²) >= 11 is 0. The van der Waals surface area contributed by atoms with Gasteiger partial charge in [0, 0.05) is 13.1 Å². The van der Waals surface area contributed by atoms with Crippen molar-refractivity contribution in [3.05, 3.63) is 29.8 Å². The average Bonchev–Trinajstić information content (AvgIpc) is 2.83. The van der Waals surface area contributed by atoms with Crippen LogP contribution in [0, 0.1) is 11.3 Å². The van der Waals surface area contributed by atoms with E-state index >= 15 is 0 Å². The Balaban J connectivity index is 1.84. The Morgan fingerprint density at radius 2 is 2.22 bits per heavy atom. The lowest BCUT2D eigenvalue weighted by molar-refractivity contribution is -0.132. The van der Waals surface area contributed by atoms with Crippen LogP contribution in [0.3, 0.4) is 0 Å². The van der Waals surface area contributed by atoms with Gasteiger partial charge < -0.3 is 14.7 Å². The fraction of sp³-hybridized carbons (Fsp3) is 0.385. The first kappa shape index (κ1) is 12.4. The van der Waals surface area contributed by atoms with Crippen molar-refractivity contribution in [2.24, 2.45) is 0 Å². The molecule has 2 rings (SSSR count). The molecule has 1 aliphatic heterocycles. The number of hydrogen-bond donors (Lipinski definition) is 1. The number of amides is 1. The van der Waals surface area contributed by atoms with Crippen molar-refractivity contribution < 1.29 is 14.6 Å². The molecule has 0 unspecified atom stereocenters. The first-order valence-electron chi connectivity index (χ1n) is 5.78. The number of nitriles is 1. The van der Waals surface area contributed by atoms with Crippen LogP contribution in [-0.2, 0) is 4.79 Å². The van der Waals surface area contributed by atoms with Crippen molar-refractivity contribution in [2.45, 2.75) is 12.5 Å². The van der Waals surface area contributed by atoms with Gasteiger partial charge in [-0.05, 0) is 30.7 Å². The van der Waals surface area contributed by atoms with Gasteiger partial charge in [-0.25, -0.2) is 0 Å². The highest BCUT2D eigenvalue weighted by atomic mass is 16.5. The zero-order chi connectivity index (χ0) is 13.0. The molecule has 0 aliphatic carbocycles. The second-order valence-corrected chi connectivity index (χ2v) is 4.21. The van der Waals surface area contributed by atoms with Crippen LogP contribution in [0.5, 0.6) is 5.75 Å². The maximum atomic E-state index is 11.7. The molecule has 1 aromatic rings. The lowest BCUT2D eigenvalue weighted by atomic mass is 10.2. The summed E-state index contributed by atoms with van der Waals surface area (Å²) in [7, 11) is 0. The SMILES string of the molecule is N#Cc1ccc(OCC(=O)N2CC[C@@H](O)C2)cc1. The average molecular weight is 246 g/mol.